The van der Waals surface area contributed by atoms with Crippen LogP contribution in [0.3, 0.4) is 0 Å². The van der Waals surface area contributed by atoms with E-state index >= 15 is 0 Å². The van der Waals surface area contributed by atoms with Crippen LogP contribution in [0.25, 0.3) is 0 Å². The number of hydrogen-bond donors (Lipinski definition) is 3. The Morgan fingerprint density at radius 3 is 2.40 bits per heavy atom. The van der Waals surface area contributed by atoms with Crippen molar-refractivity contribution in [3.63, 3.8) is 0 Å². The van der Waals surface area contributed by atoms with E-state index in [-0.39, 0.29) is 6.54 Å². The topological polar surface area (TPSA) is 87.7 Å². The fourth-order valence-electron chi connectivity index (χ4n) is 2.02. The molecule has 2 amide bonds. The Morgan fingerprint density at radius 2 is 1.92 bits per heavy atom. The second kappa shape index (κ2) is 9.06. The van der Waals surface area contributed by atoms with Gasteiger partial charge in [0.25, 0.3) is 0 Å². The van der Waals surface area contributed by atoms with Gasteiger partial charge in [-0.05, 0) is 43.9 Å². The van der Waals surface area contributed by atoms with E-state index in [1.165, 1.54) is 0 Å². The molecule has 6 nitrogen and oxygen atoms in total. The number of rotatable bonds is 6. The normalized spacial score (nSPS) is 12.6. The molecule has 1 rings (SSSR count). The van der Waals surface area contributed by atoms with Crippen molar-refractivity contribution in [3.8, 4) is 0 Å². The standard InChI is InChI=1S/C18H27ClN2O4/c1-11(2)12-6-7-13(14(19)8-12)9-20-16(23)15(10-22)21-17(24)25-18(3,4)5/h6-8,11,15,22H,9-10H2,1-5H3,(H,20,23)(H,21,24)/t15-/m0/s1. The number of alkyl carbamates (subject to hydrolysis) is 1. The summed E-state index contributed by atoms with van der Waals surface area (Å²) in [5.74, 6) is -0.157. The van der Waals surface area contributed by atoms with Gasteiger partial charge in [0.05, 0.1) is 6.61 Å². The predicted molar refractivity (Wildman–Crippen MR) is 97.6 cm³/mol. The van der Waals surface area contributed by atoms with Crippen LogP contribution in [0.2, 0.25) is 5.02 Å². The number of amides is 2. The lowest BCUT2D eigenvalue weighted by atomic mass is 10.0. The van der Waals surface area contributed by atoms with Crippen molar-refractivity contribution in [3.05, 3.63) is 34.3 Å². The molecule has 0 heterocycles. The number of nitrogens with one attached hydrogen (secondary N) is 2. The molecule has 0 aromatic heterocycles. The molecule has 1 aromatic rings. The van der Waals surface area contributed by atoms with E-state index in [1.807, 2.05) is 18.2 Å². The third kappa shape index (κ3) is 7.32. The van der Waals surface area contributed by atoms with Crippen LogP contribution in [0.15, 0.2) is 18.2 Å². The number of ether oxygens (including phenoxy) is 1. The Hall–Kier alpha value is -1.79. The van der Waals surface area contributed by atoms with E-state index in [2.05, 4.69) is 24.5 Å². The summed E-state index contributed by atoms with van der Waals surface area (Å²) >= 11 is 6.24. The fraction of sp³-hybridized carbons (Fsp3) is 0.556. The maximum atomic E-state index is 12.2. The monoisotopic (exact) mass is 370 g/mol. The van der Waals surface area contributed by atoms with Crippen molar-refractivity contribution in [2.45, 2.75) is 58.7 Å². The van der Waals surface area contributed by atoms with E-state index in [9.17, 15) is 14.7 Å². The quantitative estimate of drug-likeness (QED) is 0.718. The first-order valence-corrected chi connectivity index (χ1v) is 8.57. The van der Waals surface area contributed by atoms with Gasteiger partial charge in [0, 0.05) is 11.6 Å². The molecule has 7 heteroatoms. The molecule has 0 aliphatic carbocycles. The summed E-state index contributed by atoms with van der Waals surface area (Å²) in [4.78, 5) is 23.9. The van der Waals surface area contributed by atoms with Crippen LogP contribution >= 0.6 is 11.6 Å². The van der Waals surface area contributed by atoms with Gasteiger partial charge in [0.15, 0.2) is 0 Å². The zero-order valence-corrected chi connectivity index (χ0v) is 16.1. The Balaban J connectivity index is 2.63. The minimum atomic E-state index is -1.09. The smallest absolute Gasteiger partial charge is 0.408 e. The highest BCUT2D eigenvalue weighted by molar-refractivity contribution is 6.31. The average Bonchev–Trinajstić information content (AvgIpc) is 2.49. The van der Waals surface area contributed by atoms with Crippen LogP contribution in [0.4, 0.5) is 4.79 Å². The van der Waals surface area contributed by atoms with E-state index < -0.39 is 30.3 Å². The number of halogens is 1. The third-order valence-corrected chi connectivity index (χ3v) is 3.74. The van der Waals surface area contributed by atoms with Gasteiger partial charge in [-0.25, -0.2) is 4.79 Å². The Labute approximate surface area is 153 Å². The first-order valence-electron chi connectivity index (χ1n) is 8.20. The van der Waals surface area contributed by atoms with E-state index in [0.717, 1.165) is 11.1 Å². The molecule has 1 atom stereocenters. The van der Waals surface area contributed by atoms with Crippen LogP contribution in [0, 0.1) is 0 Å². The van der Waals surface area contributed by atoms with Crippen LogP contribution in [0.1, 0.15) is 51.7 Å². The van der Waals surface area contributed by atoms with Crippen molar-refractivity contribution < 1.29 is 19.4 Å². The highest BCUT2D eigenvalue weighted by Gasteiger charge is 2.23. The highest BCUT2D eigenvalue weighted by atomic mass is 35.5. The molecule has 0 saturated carbocycles. The van der Waals surface area contributed by atoms with Crippen molar-refractivity contribution in [1.29, 1.82) is 0 Å². The van der Waals surface area contributed by atoms with E-state index in [0.29, 0.717) is 10.9 Å². The number of benzene rings is 1. The average molecular weight is 371 g/mol. The van der Waals surface area contributed by atoms with Crippen molar-refractivity contribution in [1.82, 2.24) is 10.6 Å². The van der Waals surface area contributed by atoms with Crippen LogP contribution in [-0.2, 0) is 16.1 Å². The molecule has 0 aliphatic heterocycles. The lowest BCUT2D eigenvalue weighted by Crippen LogP contribution is -2.50. The van der Waals surface area contributed by atoms with Gasteiger partial charge in [-0.15, -0.1) is 0 Å². The molecule has 0 spiro atoms. The maximum Gasteiger partial charge on any atom is 0.408 e. The number of aliphatic hydroxyl groups is 1. The zero-order valence-electron chi connectivity index (χ0n) is 15.4. The summed E-state index contributed by atoms with van der Waals surface area (Å²) in [5, 5.41) is 14.9. The Bertz CT molecular complexity index is 612. The number of carbonyl (C=O) groups excluding carboxylic acids is 2. The third-order valence-electron chi connectivity index (χ3n) is 3.39. The molecule has 0 saturated heterocycles. The van der Waals surface area contributed by atoms with Gasteiger partial charge < -0.3 is 20.5 Å². The van der Waals surface area contributed by atoms with Gasteiger partial charge in [-0.1, -0.05) is 37.6 Å². The lowest BCUT2D eigenvalue weighted by Gasteiger charge is -2.22. The summed E-state index contributed by atoms with van der Waals surface area (Å²) in [6.45, 7) is 8.94. The number of carbonyl (C=O) groups is 2. The SMILES string of the molecule is CC(C)c1ccc(CNC(=O)[C@H](CO)NC(=O)OC(C)(C)C)c(Cl)c1. The van der Waals surface area contributed by atoms with Gasteiger partial charge in [-0.3, -0.25) is 4.79 Å². The lowest BCUT2D eigenvalue weighted by molar-refractivity contribution is -0.124. The molecule has 0 unspecified atom stereocenters. The summed E-state index contributed by atoms with van der Waals surface area (Å²) in [6.07, 6.45) is -0.763. The molecule has 25 heavy (non-hydrogen) atoms. The van der Waals surface area contributed by atoms with Crippen LogP contribution in [-0.4, -0.2) is 35.4 Å². The van der Waals surface area contributed by atoms with Crippen LogP contribution < -0.4 is 10.6 Å². The summed E-state index contributed by atoms with van der Waals surface area (Å²) in [5.41, 5.74) is 1.18. The van der Waals surface area contributed by atoms with Crippen molar-refractivity contribution in [2.24, 2.45) is 0 Å². The van der Waals surface area contributed by atoms with Crippen LogP contribution in [0.5, 0.6) is 0 Å². The molecule has 0 radical (unpaired) electrons. The molecular weight excluding hydrogens is 344 g/mol. The van der Waals surface area contributed by atoms with E-state index in [1.54, 1.807) is 20.8 Å². The van der Waals surface area contributed by atoms with Crippen molar-refractivity contribution in [2.75, 3.05) is 6.61 Å². The predicted octanol–water partition coefficient (Wildman–Crippen LogP) is 2.97. The summed E-state index contributed by atoms with van der Waals surface area (Å²) in [6, 6.07) is 4.59. The minimum Gasteiger partial charge on any atom is -0.444 e. The molecule has 0 fully saturated rings. The molecular formula is C18H27ClN2O4. The molecule has 0 bridgehead atoms. The minimum absolute atomic E-state index is 0.197. The van der Waals surface area contributed by atoms with E-state index in [4.69, 9.17) is 16.3 Å². The Kier molecular flexibility index (Phi) is 7.70. The molecule has 3 N–H and O–H groups in total. The summed E-state index contributed by atoms with van der Waals surface area (Å²) < 4.78 is 5.08. The fourth-order valence-corrected chi connectivity index (χ4v) is 2.27. The second-order valence-electron chi connectivity index (χ2n) is 7.10. The molecule has 140 valence electrons. The second-order valence-corrected chi connectivity index (χ2v) is 7.51. The molecule has 1 aromatic carbocycles. The summed E-state index contributed by atoms with van der Waals surface area (Å²) in [7, 11) is 0. The van der Waals surface area contributed by atoms with Gasteiger partial charge in [0.2, 0.25) is 5.91 Å². The number of aliphatic hydroxyl groups excluding tert-OH is 1. The first-order chi connectivity index (χ1) is 11.5. The van der Waals surface area contributed by atoms with Gasteiger partial charge in [-0.2, -0.15) is 0 Å². The zero-order chi connectivity index (χ0) is 19.2. The molecule has 0 aliphatic rings. The maximum absolute atomic E-state index is 12.2. The number of hydrogen-bond acceptors (Lipinski definition) is 4. The highest BCUT2D eigenvalue weighted by Crippen LogP contribution is 2.22. The van der Waals surface area contributed by atoms with Gasteiger partial charge >= 0.3 is 6.09 Å². The van der Waals surface area contributed by atoms with Gasteiger partial charge in [0.1, 0.15) is 11.6 Å². The van der Waals surface area contributed by atoms with Crippen molar-refractivity contribution >= 4 is 23.6 Å². The largest absolute Gasteiger partial charge is 0.444 e. The first kappa shape index (κ1) is 21.3. The Morgan fingerprint density at radius 1 is 1.28 bits per heavy atom.